The zero-order valence-electron chi connectivity index (χ0n) is 9.91. The molecule has 0 saturated carbocycles. The first kappa shape index (κ1) is 13.1. The molecule has 0 aliphatic carbocycles. The molecule has 3 N–H and O–H groups in total. The van der Waals surface area contributed by atoms with Crippen molar-refractivity contribution in [1.82, 2.24) is 5.43 Å². The Kier molecular flexibility index (Phi) is 4.38. The molecule has 0 aromatic heterocycles. The van der Waals surface area contributed by atoms with E-state index in [1.807, 2.05) is 18.2 Å². The summed E-state index contributed by atoms with van der Waals surface area (Å²) in [6.07, 6.45) is 0. The molecule has 0 unspecified atom stereocenters. The summed E-state index contributed by atoms with van der Waals surface area (Å²) in [6.45, 7) is 6.52. The summed E-state index contributed by atoms with van der Waals surface area (Å²) in [6, 6.07) is 7.50. The summed E-state index contributed by atoms with van der Waals surface area (Å²) in [4.78, 5) is 12.5. The molecule has 1 rings (SSSR count). The van der Waals surface area contributed by atoms with Crippen LogP contribution in [0.15, 0.2) is 29.2 Å². The first-order chi connectivity index (χ1) is 7.44. The number of hydrogen-bond donors (Lipinski definition) is 2. The molecule has 3 nitrogen and oxygen atoms in total. The van der Waals surface area contributed by atoms with Crippen molar-refractivity contribution in [3.8, 4) is 0 Å². The van der Waals surface area contributed by atoms with Crippen LogP contribution in [0.2, 0.25) is 0 Å². The second kappa shape index (κ2) is 5.37. The van der Waals surface area contributed by atoms with Gasteiger partial charge in [-0.2, -0.15) is 0 Å². The average molecular weight is 238 g/mol. The van der Waals surface area contributed by atoms with Gasteiger partial charge in [0, 0.05) is 10.6 Å². The van der Waals surface area contributed by atoms with Crippen LogP contribution in [0.3, 0.4) is 0 Å². The second-order valence-corrected chi connectivity index (χ2v) is 5.84. The van der Waals surface area contributed by atoms with Crippen LogP contribution < -0.4 is 11.3 Å². The molecule has 0 aliphatic heterocycles. The Morgan fingerprint density at radius 1 is 1.38 bits per heavy atom. The molecule has 0 spiro atoms. The van der Waals surface area contributed by atoms with Gasteiger partial charge in [0.15, 0.2) is 0 Å². The molecule has 0 bridgehead atoms. The summed E-state index contributed by atoms with van der Waals surface area (Å²) in [5.41, 5.74) is 3.04. The van der Waals surface area contributed by atoms with Gasteiger partial charge >= 0.3 is 0 Å². The van der Waals surface area contributed by atoms with Crippen LogP contribution in [-0.4, -0.2) is 11.7 Å². The quantitative estimate of drug-likeness (QED) is 0.368. The topological polar surface area (TPSA) is 55.1 Å². The molecular weight excluding hydrogens is 220 g/mol. The molecule has 0 fully saturated rings. The number of nitrogens with two attached hydrogens (primary N) is 1. The highest BCUT2D eigenvalue weighted by atomic mass is 32.2. The zero-order chi connectivity index (χ0) is 12.2. The maximum absolute atomic E-state index is 11.5. The van der Waals surface area contributed by atoms with Gasteiger partial charge in [-0.15, -0.1) is 11.8 Å². The van der Waals surface area contributed by atoms with E-state index in [1.54, 1.807) is 17.8 Å². The third-order valence-corrected chi connectivity index (χ3v) is 3.60. The summed E-state index contributed by atoms with van der Waals surface area (Å²) in [5, 5.41) is 0. The molecule has 0 saturated heterocycles. The van der Waals surface area contributed by atoms with Crippen molar-refractivity contribution in [3.05, 3.63) is 29.8 Å². The van der Waals surface area contributed by atoms with Crippen LogP contribution >= 0.6 is 11.8 Å². The lowest BCUT2D eigenvalue weighted by atomic mass is 10.0. The molecule has 0 heterocycles. The van der Waals surface area contributed by atoms with E-state index < -0.39 is 0 Å². The van der Waals surface area contributed by atoms with Crippen LogP contribution in [0.25, 0.3) is 0 Å². The zero-order valence-corrected chi connectivity index (χ0v) is 10.7. The summed E-state index contributed by atoms with van der Waals surface area (Å²) in [5.74, 6) is 5.87. The summed E-state index contributed by atoms with van der Waals surface area (Å²) in [7, 11) is 0. The molecular formula is C12H18N2OS. The SMILES string of the molecule is CC(C)(C)CSc1ccccc1C(=O)NN. The number of benzene rings is 1. The number of thioether (sulfide) groups is 1. The molecule has 0 radical (unpaired) electrons. The van der Waals surface area contributed by atoms with Gasteiger partial charge in [-0.1, -0.05) is 32.9 Å². The predicted molar refractivity (Wildman–Crippen MR) is 68.3 cm³/mol. The lowest BCUT2D eigenvalue weighted by molar-refractivity contribution is 0.0950. The third kappa shape index (κ3) is 3.87. The fourth-order valence-corrected chi connectivity index (χ4v) is 2.23. The molecule has 16 heavy (non-hydrogen) atoms. The van der Waals surface area contributed by atoms with Gasteiger partial charge in [0.25, 0.3) is 5.91 Å². The van der Waals surface area contributed by atoms with Gasteiger partial charge in [-0.05, 0) is 17.5 Å². The van der Waals surface area contributed by atoms with Crippen LogP contribution in [0, 0.1) is 5.41 Å². The number of hydrogen-bond acceptors (Lipinski definition) is 3. The first-order valence-corrected chi connectivity index (χ1v) is 6.15. The minimum absolute atomic E-state index is 0.233. The van der Waals surface area contributed by atoms with E-state index in [0.29, 0.717) is 5.56 Å². The number of carbonyl (C=O) groups excluding carboxylic acids is 1. The first-order valence-electron chi connectivity index (χ1n) is 5.17. The van der Waals surface area contributed by atoms with Gasteiger partial charge in [0.1, 0.15) is 0 Å². The fraction of sp³-hybridized carbons (Fsp3) is 0.417. The van der Waals surface area contributed by atoms with Gasteiger partial charge in [-0.3, -0.25) is 10.2 Å². The van der Waals surface area contributed by atoms with E-state index in [4.69, 9.17) is 5.84 Å². The molecule has 0 aliphatic rings. The normalized spacial score (nSPS) is 11.2. The molecule has 1 aromatic rings. The van der Waals surface area contributed by atoms with Crippen molar-refractivity contribution >= 4 is 17.7 Å². The van der Waals surface area contributed by atoms with E-state index in [0.717, 1.165) is 10.6 Å². The summed E-state index contributed by atoms with van der Waals surface area (Å²) >= 11 is 1.68. The van der Waals surface area contributed by atoms with Gasteiger partial charge < -0.3 is 0 Å². The number of carbonyl (C=O) groups is 1. The fourth-order valence-electron chi connectivity index (χ4n) is 1.15. The third-order valence-electron chi connectivity index (χ3n) is 1.92. The van der Waals surface area contributed by atoms with Crippen LogP contribution in [0.1, 0.15) is 31.1 Å². The van der Waals surface area contributed by atoms with Crippen molar-refractivity contribution in [2.75, 3.05) is 5.75 Å². The van der Waals surface area contributed by atoms with Gasteiger partial charge in [0.2, 0.25) is 0 Å². The van der Waals surface area contributed by atoms with Crippen LogP contribution in [0.4, 0.5) is 0 Å². The highest BCUT2D eigenvalue weighted by Gasteiger charge is 2.14. The van der Waals surface area contributed by atoms with Gasteiger partial charge in [-0.25, -0.2) is 5.84 Å². The van der Waals surface area contributed by atoms with Crippen molar-refractivity contribution in [3.63, 3.8) is 0 Å². The Morgan fingerprint density at radius 3 is 2.56 bits per heavy atom. The Labute approximate surface area is 101 Å². The molecule has 4 heteroatoms. The number of nitrogen functional groups attached to an aromatic ring is 1. The Hall–Kier alpha value is -1.00. The molecule has 88 valence electrons. The Morgan fingerprint density at radius 2 is 2.00 bits per heavy atom. The van der Waals surface area contributed by atoms with Crippen LogP contribution in [0.5, 0.6) is 0 Å². The van der Waals surface area contributed by atoms with E-state index in [9.17, 15) is 4.79 Å². The predicted octanol–water partition coefficient (Wildman–Crippen LogP) is 2.43. The number of nitrogens with one attached hydrogen (secondary N) is 1. The number of hydrazine groups is 1. The summed E-state index contributed by atoms with van der Waals surface area (Å²) < 4.78 is 0. The Bertz CT molecular complexity index is 372. The second-order valence-electron chi connectivity index (χ2n) is 4.82. The minimum atomic E-state index is -0.239. The van der Waals surface area contributed by atoms with Crippen molar-refractivity contribution in [2.45, 2.75) is 25.7 Å². The standard InChI is InChI=1S/C12H18N2OS/c1-12(2,3)8-16-10-7-5-4-6-9(10)11(15)14-13/h4-7H,8,13H2,1-3H3,(H,14,15). The van der Waals surface area contributed by atoms with E-state index in [1.165, 1.54) is 0 Å². The Balaban J connectivity index is 2.83. The maximum atomic E-state index is 11.5. The van der Waals surface area contributed by atoms with Crippen molar-refractivity contribution < 1.29 is 4.79 Å². The molecule has 0 atom stereocenters. The number of rotatable bonds is 3. The lowest BCUT2D eigenvalue weighted by Crippen LogP contribution is -2.30. The average Bonchev–Trinajstić information content (AvgIpc) is 2.25. The van der Waals surface area contributed by atoms with Crippen molar-refractivity contribution in [1.29, 1.82) is 0 Å². The van der Waals surface area contributed by atoms with Gasteiger partial charge in [0.05, 0.1) is 5.56 Å². The molecule has 1 aromatic carbocycles. The number of amides is 1. The lowest BCUT2D eigenvalue weighted by Gasteiger charge is -2.18. The maximum Gasteiger partial charge on any atom is 0.266 e. The van der Waals surface area contributed by atoms with E-state index in [2.05, 4.69) is 26.2 Å². The minimum Gasteiger partial charge on any atom is -0.290 e. The highest BCUT2D eigenvalue weighted by molar-refractivity contribution is 7.99. The van der Waals surface area contributed by atoms with E-state index >= 15 is 0 Å². The molecule has 1 amide bonds. The van der Waals surface area contributed by atoms with Crippen molar-refractivity contribution in [2.24, 2.45) is 11.3 Å². The monoisotopic (exact) mass is 238 g/mol. The highest BCUT2D eigenvalue weighted by Crippen LogP contribution is 2.29. The largest absolute Gasteiger partial charge is 0.290 e. The van der Waals surface area contributed by atoms with Crippen LogP contribution in [-0.2, 0) is 0 Å². The van der Waals surface area contributed by atoms with E-state index in [-0.39, 0.29) is 11.3 Å². The smallest absolute Gasteiger partial charge is 0.266 e.